The highest BCUT2D eigenvalue weighted by molar-refractivity contribution is 7.80. The lowest BCUT2D eigenvalue weighted by atomic mass is 10.1. The van der Waals surface area contributed by atoms with Crippen LogP contribution in [-0.2, 0) is 4.43 Å². The molecule has 0 amide bonds. The number of rotatable bonds is 43. The van der Waals surface area contributed by atoms with Crippen LogP contribution in [0.1, 0.15) is 240 Å². The smallest absolute Gasteiger partial charge is 0.192 e. The van der Waals surface area contributed by atoms with Crippen LogP contribution in [0.2, 0.25) is 18.1 Å². The molecule has 0 saturated heterocycles. The largest absolute Gasteiger partial charge is 0.416 e. The fraction of sp³-hybridized carbons (Fsp3) is 1.00. The van der Waals surface area contributed by atoms with Crippen molar-refractivity contribution in [1.29, 1.82) is 0 Å². The Balaban J connectivity index is 5.10. The van der Waals surface area contributed by atoms with Crippen LogP contribution in [0.15, 0.2) is 0 Å². The predicted molar refractivity (Wildman–Crippen MR) is 231 cm³/mol. The van der Waals surface area contributed by atoms with Crippen molar-refractivity contribution in [2.24, 2.45) is 0 Å². The van der Waals surface area contributed by atoms with Gasteiger partial charge in [-0.2, -0.15) is 12.6 Å². The SMILES string of the molecule is CCCCCCCCCCN(CCCCCCCCCC)CCO[Si](CCCS)(CCCCCCCCCC)CCCCCCCCCC. The zero-order valence-corrected chi connectivity index (χ0v) is 36.7. The Bertz CT molecular complexity index is 565. The fourth-order valence-electron chi connectivity index (χ4n) is 7.82. The highest BCUT2D eigenvalue weighted by atomic mass is 32.1. The van der Waals surface area contributed by atoms with Crippen LogP contribution < -0.4 is 0 Å². The van der Waals surface area contributed by atoms with E-state index in [-0.39, 0.29) is 0 Å². The van der Waals surface area contributed by atoms with Gasteiger partial charge in [0.25, 0.3) is 0 Å². The van der Waals surface area contributed by atoms with Gasteiger partial charge < -0.3 is 9.33 Å². The van der Waals surface area contributed by atoms with Crippen molar-refractivity contribution >= 4 is 20.9 Å². The average Bonchev–Trinajstić information content (AvgIpc) is 3.11. The lowest BCUT2D eigenvalue weighted by molar-refractivity contribution is 0.194. The molecule has 49 heavy (non-hydrogen) atoms. The summed E-state index contributed by atoms with van der Waals surface area (Å²) >= 11 is 4.70. The molecular formula is C45H95NOSSi. The first-order chi connectivity index (χ1) is 24.2. The number of hydrogen-bond acceptors (Lipinski definition) is 3. The topological polar surface area (TPSA) is 12.5 Å². The number of thiol groups is 1. The van der Waals surface area contributed by atoms with Gasteiger partial charge in [0.05, 0.1) is 0 Å². The van der Waals surface area contributed by atoms with E-state index < -0.39 is 8.32 Å². The minimum Gasteiger partial charge on any atom is -0.416 e. The lowest BCUT2D eigenvalue weighted by Gasteiger charge is -2.33. The second kappa shape index (κ2) is 41.2. The molecule has 0 atom stereocenters. The van der Waals surface area contributed by atoms with E-state index in [1.54, 1.807) is 0 Å². The summed E-state index contributed by atoms with van der Waals surface area (Å²) in [7, 11) is -1.74. The van der Waals surface area contributed by atoms with E-state index in [2.05, 4.69) is 32.6 Å². The van der Waals surface area contributed by atoms with E-state index in [4.69, 9.17) is 17.1 Å². The van der Waals surface area contributed by atoms with Crippen LogP contribution >= 0.6 is 12.6 Å². The molecule has 0 spiro atoms. The summed E-state index contributed by atoms with van der Waals surface area (Å²) in [5.74, 6) is 1.02. The quantitative estimate of drug-likeness (QED) is 0.0382. The zero-order chi connectivity index (χ0) is 35.8. The molecule has 0 rings (SSSR count). The van der Waals surface area contributed by atoms with Crippen LogP contribution in [0.5, 0.6) is 0 Å². The Kier molecular flexibility index (Phi) is 41.7. The molecule has 0 aromatic heterocycles. The first-order valence-electron chi connectivity index (χ1n) is 23.1. The van der Waals surface area contributed by atoms with Gasteiger partial charge in [-0.25, -0.2) is 0 Å². The maximum absolute atomic E-state index is 7.31. The van der Waals surface area contributed by atoms with Crippen molar-refractivity contribution in [3.63, 3.8) is 0 Å². The molecule has 0 aromatic rings. The molecule has 2 nitrogen and oxygen atoms in total. The summed E-state index contributed by atoms with van der Waals surface area (Å²) in [6, 6.07) is 4.16. The first-order valence-corrected chi connectivity index (χ1v) is 26.3. The minimum atomic E-state index is -1.74. The van der Waals surface area contributed by atoms with E-state index in [1.807, 2.05) is 0 Å². The van der Waals surface area contributed by atoms with Crippen molar-refractivity contribution in [3.8, 4) is 0 Å². The van der Waals surface area contributed by atoms with Gasteiger partial charge in [0.2, 0.25) is 0 Å². The van der Waals surface area contributed by atoms with Crippen LogP contribution in [0.3, 0.4) is 0 Å². The van der Waals surface area contributed by atoms with Gasteiger partial charge in [-0.3, -0.25) is 0 Å². The number of hydrogen-bond donors (Lipinski definition) is 1. The molecule has 0 unspecified atom stereocenters. The summed E-state index contributed by atoms with van der Waals surface area (Å²) in [5.41, 5.74) is 0. The van der Waals surface area contributed by atoms with Gasteiger partial charge in [-0.1, -0.05) is 220 Å². The van der Waals surface area contributed by atoms with Gasteiger partial charge in [-0.05, 0) is 56.2 Å². The van der Waals surface area contributed by atoms with Crippen molar-refractivity contribution in [1.82, 2.24) is 4.90 Å². The molecule has 0 bridgehead atoms. The van der Waals surface area contributed by atoms with Crippen molar-refractivity contribution < 1.29 is 4.43 Å². The maximum Gasteiger partial charge on any atom is 0.192 e. The summed E-state index contributed by atoms with van der Waals surface area (Å²) in [6.07, 6.45) is 46.6. The van der Waals surface area contributed by atoms with E-state index >= 15 is 0 Å². The third-order valence-electron chi connectivity index (χ3n) is 11.2. The maximum atomic E-state index is 7.31. The van der Waals surface area contributed by atoms with Crippen LogP contribution in [0.25, 0.3) is 0 Å². The molecule has 0 radical (unpaired) electrons. The first kappa shape index (κ1) is 49.5. The van der Waals surface area contributed by atoms with Gasteiger partial charge in [0.1, 0.15) is 0 Å². The summed E-state index contributed by atoms with van der Waals surface area (Å²) in [6.45, 7) is 14.0. The molecule has 0 N–H and O–H groups in total. The molecule has 4 heteroatoms. The average molecular weight is 726 g/mol. The third-order valence-corrected chi connectivity index (χ3v) is 16.2. The standard InChI is InChI=1S/C45H95NOSSi/c1-5-9-13-17-21-25-29-33-38-46(39-34-30-26-22-18-14-10-6-2)40-41-47-49(45-37-42-48,43-35-31-27-23-19-15-11-7-3)44-36-32-28-24-20-16-12-8-4/h48H,5-45H2,1-4H3. The molecule has 0 aliphatic carbocycles. The summed E-state index contributed by atoms with van der Waals surface area (Å²) in [4.78, 5) is 2.82. The number of unbranched alkanes of at least 4 members (excludes halogenated alkanes) is 28. The summed E-state index contributed by atoms with van der Waals surface area (Å²) in [5, 5.41) is 0. The van der Waals surface area contributed by atoms with Crippen molar-refractivity contribution in [2.45, 2.75) is 258 Å². The molecule has 0 fully saturated rings. The molecule has 0 heterocycles. The highest BCUT2D eigenvalue weighted by Gasteiger charge is 2.33. The van der Waals surface area contributed by atoms with Gasteiger partial charge >= 0.3 is 0 Å². The predicted octanol–water partition coefficient (Wildman–Crippen LogP) is 16.1. The molecule has 296 valence electrons. The molecule has 0 aliphatic rings. The van der Waals surface area contributed by atoms with Gasteiger partial charge in [-0.15, -0.1) is 0 Å². The molecular weight excluding hydrogens is 631 g/mol. The molecule has 0 saturated carbocycles. The van der Waals surface area contributed by atoms with E-state index in [9.17, 15) is 0 Å². The minimum absolute atomic E-state index is 0.987. The van der Waals surface area contributed by atoms with E-state index in [0.29, 0.717) is 0 Å². The Hall–Kier alpha value is 0.487. The van der Waals surface area contributed by atoms with Gasteiger partial charge in [0.15, 0.2) is 8.32 Å². The Morgan fingerprint density at radius 3 is 0.959 bits per heavy atom. The normalized spacial score (nSPS) is 12.1. The van der Waals surface area contributed by atoms with E-state index in [0.717, 1.165) is 18.9 Å². The second-order valence-electron chi connectivity index (χ2n) is 16.1. The third kappa shape index (κ3) is 35.3. The highest BCUT2D eigenvalue weighted by Crippen LogP contribution is 2.30. The zero-order valence-electron chi connectivity index (χ0n) is 34.8. The Labute approximate surface area is 318 Å². The van der Waals surface area contributed by atoms with Crippen LogP contribution in [0, 0.1) is 0 Å². The Morgan fingerprint density at radius 1 is 0.347 bits per heavy atom. The lowest BCUT2D eigenvalue weighted by Crippen LogP contribution is -2.41. The second-order valence-corrected chi connectivity index (χ2v) is 20.7. The van der Waals surface area contributed by atoms with Crippen LogP contribution in [0.4, 0.5) is 0 Å². The van der Waals surface area contributed by atoms with Crippen molar-refractivity contribution in [3.05, 3.63) is 0 Å². The monoisotopic (exact) mass is 726 g/mol. The molecule has 0 aromatic carbocycles. The fourth-order valence-corrected chi connectivity index (χ4v) is 12.6. The number of nitrogens with zero attached hydrogens (tertiary/aromatic N) is 1. The molecule has 0 aliphatic heterocycles. The van der Waals surface area contributed by atoms with Gasteiger partial charge in [0, 0.05) is 13.2 Å². The Morgan fingerprint density at radius 2 is 0.633 bits per heavy atom. The van der Waals surface area contributed by atoms with E-state index in [1.165, 1.54) is 243 Å². The van der Waals surface area contributed by atoms with Crippen LogP contribution in [-0.4, -0.2) is 45.2 Å². The van der Waals surface area contributed by atoms with Crippen molar-refractivity contribution in [2.75, 3.05) is 32.0 Å². The summed E-state index contributed by atoms with van der Waals surface area (Å²) < 4.78 is 7.31.